The standard InChI is InChI=1S/C22H18N4O4/c27-21(17-5-3-14-2-1-7-23-20(14)25-17)24-16-4-6-18-15(12-16)13-19(30-18)22(28)26-8-10-29-11-9-26/h1-7,12-13H,8-11H2,(H,24,27). The number of aromatic nitrogens is 2. The number of morpholine rings is 1. The van der Waals surface area contributed by atoms with Crippen LogP contribution in [0.4, 0.5) is 5.69 Å². The van der Waals surface area contributed by atoms with Crippen molar-refractivity contribution in [1.82, 2.24) is 14.9 Å². The number of nitrogens with one attached hydrogen (secondary N) is 1. The fraction of sp³-hybridized carbons (Fsp3) is 0.182. The van der Waals surface area contributed by atoms with Gasteiger partial charge in [-0.15, -0.1) is 0 Å². The van der Waals surface area contributed by atoms with Gasteiger partial charge in [-0.25, -0.2) is 9.97 Å². The van der Waals surface area contributed by atoms with Gasteiger partial charge in [0.1, 0.15) is 11.3 Å². The second-order valence-corrected chi connectivity index (χ2v) is 6.97. The number of carbonyl (C=O) groups excluding carboxylic acids is 2. The highest BCUT2D eigenvalue weighted by Crippen LogP contribution is 2.24. The van der Waals surface area contributed by atoms with Gasteiger partial charge in [-0.1, -0.05) is 0 Å². The normalized spacial score (nSPS) is 14.2. The number of rotatable bonds is 3. The van der Waals surface area contributed by atoms with Crippen molar-refractivity contribution in [2.75, 3.05) is 31.6 Å². The lowest BCUT2D eigenvalue weighted by Crippen LogP contribution is -2.40. The van der Waals surface area contributed by atoms with Crippen LogP contribution in [0.5, 0.6) is 0 Å². The molecule has 2 amide bonds. The molecule has 4 heterocycles. The molecular formula is C22H18N4O4. The van der Waals surface area contributed by atoms with E-state index in [4.69, 9.17) is 9.15 Å². The zero-order chi connectivity index (χ0) is 20.5. The molecule has 1 N–H and O–H groups in total. The summed E-state index contributed by atoms with van der Waals surface area (Å²) in [5.41, 5.74) is 1.96. The molecule has 0 unspecified atom stereocenters. The average Bonchev–Trinajstić information content (AvgIpc) is 3.22. The Morgan fingerprint density at radius 3 is 2.73 bits per heavy atom. The molecule has 0 spiro atoms. The number of hydrogen-bond acceptors (Lipinski definition) is 6. The first-order chi connectivity index (χ1) is 14.7. The van der Waals surface area contributed by atoms with Crippen LogP contribution in [0.2, 0.25) is 0 Å². The molecule has 1 saturated heterocycles. The highest BCUT2D eigenvalue weighted by atomic mass is 16.5. The topological polar surface area (TPSA) is 97.6 Å². The second kappa shape index (κ2) is 7.57. The van der Waals surface area contributed by atoms with Gasteiger partial charge in [-0.3, -0.25) is 9.59 Å². The Hall–Kier alpha value is -3.78. The summed E-state index contributed by atoms with van der Waals surface area (Å²) in [6.07, 6.45) is 1.64. The van der Waals surface area contributed by atoms with Crippen molar-refractivity contribution in [2.45, 2.75) is 0 Å². The molecule has 1 fully saturated rings. The Bertz CT molecular complexity index is 1260. The number of ether oxygens (including phenoxy) is 1. The highest BCUT2D eigenvalue weighted by Gasteiger charge is 2.22. The van der Waals surface area contributed by atoms with Crippen molar-refractivity contribution < 1.29 is 18.7 Å². The first-order valence-electron chi connectivity index (χ1n) is 9.61. The van der Waals surface area contributed by atoms with Crippen molar-refractivity contribution in [2.24, 2.45) is 0 Å². The maximum absolute atomic E-state index is 12.6. The molecule has 1 aliphatic heterocycles. The number of benzene rings is 1. The van der Waals surface area contributed by atoms with E-state index in [1.54, 1.807) is 41.4 Å². The number of anilines is 1. The molecule has 8 nitrogen and oxygen atoms in total. The van der Waals surface area contributed by atoms with Crippen LogP contribution in [0.15, 0.2) is 59.1 Å². The van der Waals surface area contributed by atoms with E-state index in [9.17, 15) is 9.59 Å². The van der Waals surface area contributed by atoms with Crippen molar-refractivity contribution >= 4 is 39.5 Å². The number of hydrogen-bond donors (Lipinski definition) is 1. The Morgan fingerprint density at radius 2 is 1.87 bits per heavy atom. The van der Waals surface area contributed by atoms with Crippen LogP contribution in [0, 0.1) is 0 Å². The molecule has 0 aliphatic carbocycles. The molecule has 1 aliphatic rings. The van der Waals surface area contributed by atoms with Crippen LogP contribution >= 0.6 is 0 Å². The molecule has 30 heavy (non-hydrogen) atoms. The smallest absolute Gasteiger partial charge is 0.289 e. The SMILES string of the molecule is O=C(Nc1ccc2oc(C(=O)N3CCOCC3)cc2c1)c1ccc2cccnc2n1. The number of fused-ring (bicyclic) bond motifs is 2. The first-order valence-corrected chi connectivity index (χ1v) is 9.61. The quantitative estimate of drug-likeness (QED) is 0.566. The fourth-order valence-corrected chi connectivity index (χ4v) is 3.42. The largest absolute Gasteiger partial charge is 0.451 e. The van der Waals surface area contributed by atoms with E-state index in [2.05, 4.69) is 15.3 Å². The zero-order valence-electron chi connectivity index (χ0n) is 16.0. The Labute approximate surface area is 171 Å². The lowest BCUT2D eigenvalue weighted by atomic mass is 10.2. The van der Waals surface area contributed by atoms with Crippen LogP contribution in [0.1, 0.15) is 21.0 Å². The van der Waals surface area contributed by atoms with Gasteiger partial charge in [0.2, 0.25) is 0 Å². The maximum Gasteiger partial charge on any atom is 0.289 e. The van der Waals surface area contributed by atoms with E-state index in [-0.39, 0.29) is 23.3 Å². The lowest BCUT2D eigenvalue weighted by molar-refractivity contribution is 0.0284. The third kappa shape index (κ3) is 3.48. The molecule has 0 saturated carbocycles. The van der Waals surface area contributed by atoms with Crippen molar-refractivity contribution in [3.05, 3.63) is 66.2 Å². The van der Waals surface area contributed by atoms with E-state index in [1.807, 2.05) is 18.2 Å². The second-order valence-electron chi connectivity index (χ2n) is 6.97. The Kier molecular flexibility index (Phi) is 4.61. The summed E-state index contributed by atoms with van der Waals surface area (Å²) in [6, 6.07) is 14.1. The minimum absolute atomic E-state index is 0.159. The molecule has 5 rings (SSSR count). The van der Waals surface area contributed by atoms with Crippen LogP contribution in [-0.4, -0.2) is 53.0 Å². The van der Waals surface area contributed by atoms with Gasteiger partial charge in [0, 0.05) is 35.7 Å². The monoisotopic (exact) mass is 402 g/mol. The van der Waals surface area contributed by atoms with Gasteiger partial charge in [-0.05, 0) is 48.5 Å². The van der Waals surface area contributed by atoms with Crippen molar-refractivity contribution in [3.63, 3.8) is 0 Å². The predicted molar refractivity (Wildman–Crippen MR) is 110 cm³/mol. The summed E-state index contributed by atoms with van der Waals surface area (Å²) in [6.45, 7) is 2.15. The van der Waals surface area contributed by atoms with Gasteiger partial charge in [-0.2, -0.15) is 0 Å². The van der Waals surface area contributed by atoms with Gasteiger partial charge in [0.05, 0.1) is 13.2 Å². The third-order valence-corrected chi connectivity index (χ3v) is 4.98. The van der Waals surface area contributed by atoms with Crippen LogP contribution in [0.25, 0.3) is 22.0 Å². The zero-order valence-corrected chi connectivity index (χ0v) is 16.0. The van der Waals surface area contributed by atoms with Gasteiger partial charge in [0.15, 0.2) is 11.4 Å². The van der Waals surface area contributed by atoms with E-state index >= 15 is 0 Å². The molecule has 0 radical (unpaired) electrons. The maximum atomic E-state index is 12.6. The van der Waals surface area contributed by atoms with Crippen molar-refractivity contribution in [1.29, 1.82) is 0 Å². The number of amides is 2. The van der Waals surface area contributed by atoms with Crippen LogP contribution in [-0.2, 0) is 4.74 Å². The molecule has 0 bridgehead atoms. The van der Waals surface area contributed by atoms with E-state index in [0.717, 1.165) is 10.8 Å². The summed E-state index contributed by atoms with van der Waals surface area (Å²) >= 11 is 0. The molecule has 4 aromatic rings. The Morgan fingerprint density at radius 1 is 1.00 bits per heavy atom. The minimum Gasteiger partial charge on any atom is -0.451 e. The fourth-order valence-electron chi connectivity index (χ4n) is 3.42. The van der Waals surface area contributed by atoms with Crippen LogP contribution < -0.4 is 5.32 Å². The van der Waals surface area contributed by atoms with Gasteiger partial charge >= 0.3 is 0 Å². The highest BCUT2D eigenvalue weighted by molar-refractivity contribution is 6.05. The average molecular weight is 402 g/mol. The summed E-state index contributed by atoms with van der Waals surface area (Å²) in [5.74, 6) is -0.222. The number of pyridine rings is 2. The third-order valence-electron chi connectivity index (χ3n) is 4.98. The summed E-state index contributed by atoms with van der Waals surface area (Å²) in [7, 11) is 0. The van der Waals surface area contributed by atoms with Gasteiger partial charge < -0.3 is 19.4 Å². The predicted octanol–water partition coefficient (Wildman–Crippen LogP) is 3.10. The minimum atomic E-state index is -0.338. The van der Waals surface area contributed by atoms with E-state index in [0.29, 0.717) is 43.2 Å². The van der Waals surface area contributed by atoms with Gasteiger partial charge in [0.25, 0.3) is 11.8 Å². The summed E-state index contributed by atoms with van der Waals surface area (Å²) in [5, 5.41) is 4.43. The molecular weight excluding hydrogens is 384 g/mol. The van der Waals surface area contributed by atoms with E-state index in [1.165, 1.54) is 0 Å². The molecule has 8 heteroatoms. The molecule has 150 valence electrons. The first kappa shape index (κ1) is 18.3. The van der Waals surface area contributed by atoms with Crippen molar-refractivity contribution in [3.8, 4) is 0 Å². The molecule has 1 aromatic carbocycles. The summed E-state index contributed by atoms with van der Waals surface area (Å²) < 4.78 is 11.0. The molecule has 3 aromatic heterocycles. The lowest BCUT2D eigenvalue weighted by Gasteiger charge is -2.25. The molecule has 0 atom stereocenters. The number of furan rings is 1. The Balaban J connectivity index is 1.36. The van der Waals surface area contributed by atoms with Crippen LogP contribution in [0.3, 0.4) is 0 Å². The summed E-state index contributed by atoms with van der Waals surface area (Å²) in [4.78, 5) is 35.4. The number of carbonyl (C=O) groups is 2. The number of nitrogens with zero attached hydrogens (tertiary/aromatic N) is 3. The van der Waals surface area contributed by atoms with E-state index < -0.39 is 0 Å².